The van der Waals surface area contributed by atoms with E-state index in [2.05, 4.69) is 4.72 Å². The topological polar surface area (TPSA) is 98.5 Å². The first-order valence-corrected chi connectivity index (χ1v) is 9.05. The van der Waals surface area contributed by atoms with Crippen LogP contribution in [-0.2, 0) is 14.8 Å². The molecular weight excluding hydrogens is 359 g/mol. The molecule has 1 saturated carbocycles. The molecule has 1 aromatic rings. The van der Waals surface area contributed by atoms with E-state index in [4.69, 9.17) is 10.5 Å². The van der Waals surface area contributed by atoms with Crippen molar-refractivity contribution in [3.63, 3.8) is 0 Å². The molecule has 0 bridgehead atoms. The Morgan fingerprint density at radius 1 is 1.38 bits per heavy atom. The van der Waals surface area contributed by atoms with Crippen molar-refractivity contribution >= 4 is 28.4 Å². The van der Waals surface area contributed by atoms with Crippen molar-refractivity contribution in [2.45, 2.75) is 37.1 Å². The Hall–Kier alpha value is -1.22. The van der Waals surface area contributed by atoms with Gasteiger partial charge in [0.25, 0.3) is 0 Å². The maximum atomic E-state index is 13.7. The van der Waals surface area contributed by atoms with Crippen LogP contribution in [0.5, 0.6) is 0 Å². The second kappa shape index (κ2) is 8.75. The van der Waals surface area contributed by atoms with Crippen LogP contribution in [0.4, 0.5) is 4.39 Å². The second-order valence-corrected chi connectivity index (χ2v) is 7.26. The van der Waals surface area contributed by atoms with Crippen LogP contribution in [0, 0.1) is 11.7 Å². The zero-order valence-corrected chi connectivity index (χ0v) is 15.0. The zero-order valence-electron chi connectivity index (χ0n) is 13.3. The van der Waals surface area contributed by atoms with Gasteiger partial charge in [0, 0.05) is 6.04 Å². The number of carbonyl (C=O) groups excluding carboxylic acids is 1. The molecule has 9 heteroatoms. The normalized spacial score (nSPS) is 20.5. The molecule has 1 aromatic carbocycles. The molecule has 0 aromatic heterocycles. The number of sulfonamides is 1. The Morgan fingerprint density at radius 2 is 2.08 bits per heavy atom. The van der Waals surface area contributed by atoms with Gasteiger partial charge in [0.05, 0.1) is 17.1 Å². The molecule has 1 aliphatic carbocycles. The van der Waals surface area contributed by atoms with E-state index in [9.17, 15) is 17.6 Å². The number of benzene rings is 1. The first-order valence-electron chi connectivity index (χ1n) is 7.57. The van der Waals surface area contributed by atoms with Gasteiger partial charge in [-0.05, 0) is 50.4 Å². The third-order valence-electron chi connectivity index (χ3n) is 3.96. The van der Waals surface area contributed by atoms with Crippen molar-refractivity contribution in [3.05, 3.63) is 29.6 Å². The number of hydrogen-bond donors (Lipinski definition) is 2. The lowest BCUT2D eigenvalue weighted by atomic mass is 10.1. The fraction of sp³-hybridized carbons (Fsp3) is 0.533. The van der Waals surface area contributed by atoms with Gasteiger partial charge in [0.15, 0.2) is 0 Å². The highest BCUT2D eigenvalue weighted by molar-refractivity contribution is 7.89. The van der Waals surface area contributed by atoms with Crippen molar-refractivity contribution in [1.82, 2.24) is 4.72 Å². The van der Waals surface area contributed by atoms with E-state index in [1.165, 1.54) is 0 Å². The summed E-state index contributed by atoms with van der Waals surface area (Å²) in [5, 5.41) is 0. The van der Waals surface area contributed by atoms with E-state index in [0.29, 0.717) is 13.0 Å². The highest BCUT2D eigenvalue weighted by Gasteiger charge is 2.31. The van der Waals surface area contributed by atoms with Gasteiger partial charge >= 0.3 is 5.97 Å². The fourth-order valence-electron chi connectivity index (χ4n) is 2.79. The number of hydrogen-bond acceptors (Lipinski definition) is 5. The SMILES string of the molecule is CCOC(=O)c1cc(F)cc(S(=O)(=O)NC2CCCC2CN)c1.Cl. The van der Waals surface area contributed by atoms with Crippen molar-refractivity contribution in [3.8, 4) is 0 Å². The average molecular weight is 381 g/mol. The lowest BCUT2D eigenvalue weighted by Gasteiger charge is -2.19. The quantitative estimate of drug-likeness (QED) is 0.733. The third kappa shape index (κ3) is 4.89. The summed E-state index contributed by atoms with van der Waals surface area (Å²) in [7, 11) is -3.93. The largest absolute Gasteiger partial charge is 0.462 e. The first-order chi connectivity index (χ1) is 10.9. The molecule has 0 saturated heterocycles. The molecule has 1 aliphatic rings. The number of nitrogens with two attached hydrogens (primary N) is 1. The van der Waals surface area contributed by atoms with E-state index in [1.807, 2.05) is 0 Å². The Morgan fingerprint density at radius 3 is 2.71 bits per heavy atom. The molecule has 1 fully saturated rings. The molecule has 6 nitrogen and oxygen atoms in total. The van der Waals surface area contributed by atoms with Crippen LogP contribution in [-0.4, -0.2) is 33.6 Å². The van der Waals surface area contributed by atoms with E-state index >= 15 is 0 Å². The predicted octanol–water partition coefficient (Wildman–Crippen LogP) is 1.83. The van der Waals surface area contributed by atoms with Crippen LogP contribution >= 0.6 is 12.4 Å². The van der Waals surface area contributed by atoms with Crippen molar-refractivity contribution < 1.29 is 22.3 Å². The molecule has 2 unspecified atom stereocenters. The fourth-order valence-corrected chi connectivity index (χ4v) is 4.19. The smallest absolute Gasteiger partial charge is 0.338 e. The summed E-state index contributed by atoms with van der Waals surface area (Å²) in [6.07, 6.45) is 2.45. The third-order valence-corrected chi connectivity index (χ3v) is 5.43. The standard InChI is InChI=1S/C15H21FN2O4S.ClH/c1-2-22-15(19)11-6-12(16)8-13(7-11)23(20,21)18-14-5-3-4-10(14)9-17;/h6-8,10,14,18H,2-5,9,17H2,1H3;1H. The van der Waals surface area contributed by atoms with Crippen molar-refractivity contribution in [2.24, 2.45) is 11.7 Å². The molecule has 24 heavy (non-hydrogen) atoms. The molecule has 0 spiro atoms. The van der Waals surface area contributed by atoms with Gasteiger partial charge in [0.1, 0.15) is 5.82 Å². The predicted molar refractivity (Wildman–Crippen MR) is 90.1 cm³/mol. The van der Waals surface area contributed by atoms with Crippen LogP contribution in [0.2, 0.25) is 0 Å². The number of esters is 1. The van der Waals surface area contributed by atoms with Crippen LogP contribution in [0.1, 0.15) is 36.5 Å². The van der Waals surface area contributed by atoms with E-state index in [0.717, 1.165) is 31.0 Å². The highest BCUT2D eigenvalue weighted by Crippen LogP contribution is 2.26. The van der Waals surface area contributed by atoms with Gasteiger partial charge in [-0.2, -0.15) is 0 Å². The minimum absolute atomic E-state index is 0. The number of rotatable bonds is 6. The maximum absolute atomic E-state index is 13.7. The minimum Gasteiger partial charge on any atom is -0.462 e. The monoisotopic (exact) mass is 380 g/mol. The Balaban J connectivity index is 0.00000288. The van der Waals surface area contributed by atoms with Crippen LogP contribution in [0.3, 0.4) is 0 Å². The van der Waals surface area contributed by atoms with Gasteiger partial charge in [-0.25, -0.2) is 22.3 Å². The van der Waals surface area contributed by atoms with Crippen molar-refractivity contribution in [2.75, 3.05) is 13.2 Å². The number of carbonyl (C=O) groups is 1. The van der Waals surface area contributed by atoms with Crippen LogP contribution < -0.4 is 10.5 Å². The van der Waals surface area contributed by atoms with E-state index in [1.54, 1.807) is 6.92 Å². The zero-order chi connectivity index (χ0) is 17.0. The minimum atomic E-state index is -3.93. The van der Waals surface area contributed by atoms with Crippen LogP contribution in [0.15, 0.2) is 23.1 Å². The van der Waals surface area contributed by atoms with Crippen LogP contribution in [0.25, 0.3) is 0 Å². The lowest BCUT2D eigenvalue weighted by Crippen LogP contribution is -2.39. The first kappa shape index (κ1) is 20.8. The summed E-state index contributed by atoms with van der Waals surface area (Å²) in [6.45, 7) is 2.13. The molecule has 0 radical (unpaired) electrons. The Bertz CT molecular complexity index is 684. The number of halogens is 2. The molecular formula is C15H22ClFN2O4S. The molecule has 0 amide bonds. The Kier molecular flexibility index (Phi) is 7.59. The van der Waals surface area contributed by atoms with Gasteiger partial charge < -0.3 is 10.5 Å². The molecule has 136 valence electrons. The number of nitrogens with one attached hydrogen (secondary N) is 1. The molecule has 2 rings (SSSR count). The second-order valence-electron chi connectivity index (χ2n) is 5.55. The molecule has 0 heterocycles. The average Bonchev–Trinajstić information content (AvgIpc) is 2.93. The summed E-state index contributed by atoms with van der Waals surface area (Å²) in [5.74, 6) is -1.50. The van der Waals surface area contributed by atoms with Gasteiger partial charge in [-0.1, -0.05) is 6.42 Å². The van der Waals surface area contributed by atoms with Crippen molar-refractivity contribution in [1.29, 1.82) is 0 Å². The summed E-state index contributed by atoms with van der Waals surface area (Å²) in [6, 6.07) is 2.70. The molecule has 2 atom stereocenters. The maximum Gasteiger partial charge on any atom is 0.338 e. The van der Waals surface area contributed by atoms with E-state index < -0.39 is 21.8 Å². The van der Waals surface area contributed by atoms with Gasteiger partial charge in [-0.3, -0.25) is 0 Å². The van der Waals surface area contributed by atoms with E-state index in [-0.39, 0.29) is 41.4 Å². The molecule has 0 aliphatic heterocycles. The summed E-state index contributed by atoms with van der Waals surface area (Å²) >= 11 is 0. The highest BCUT2D eigenvalue weighted by atomic mass is 35.5. The number of ether oxygens (including phenoxy) is 1. The summed E-state index contributed by atoms with van der Waals surface area (Å²) in [4.78, 5) is 11.4. The summed E-state index contributed by atoms with van der Waals surface area (Å²) < 4.78 is 46.0. The molecule has 3 N–H and O–H groups in total. The van der Waals surface area contributed by atoms with Gasteiger partial charge in [0.2, 0.25) is 10.0 Å². The summed E-state index contributed by atoms with van der Waals surface area (Å²) in [5.41, 5.74) is 5.52. The Labute approximate surface area is 147 Å². The van der Waals surface area contributed by atoms with Gasteiger partial charge in [-0.15, -0.1) is 12.4 Å². The lowest BCUT2D eigenvalue weighted by molar-refractivity contribution is 0.0525.